The highest BCUT2D eigenvalue weighted by molar-refractivity contribution is 7.13. The van der Waals surface area contributed by atoms with Crippen LogP contribution in [0.5, 0.6) is 0 Å². The molecule has 0 aliphatic heterocycles. The second kappa shape index (κ2) is 11.3. The number of rotatable bonds is 7. The molecule has 0 bridgehead atoms. The van der Waals surface area contributed by atoms with E-state index in [1.807, 2.05) is 20.8 Å². The molecule has 0 unspecified atom stereocenters. The number of halogens is 3. The first kappa shape index (κ1) is 29.6. The number of carboxylic acid groups (broad SMARTS) is 1. The standard InChI is InChI=1S/C27H27F3N6O4S/c1-5-31-25(40)35-21-9-14(23-34-20(13-41-23)27(28,29)30)16(10-33-21)18-8-15-19(11-32-18)36(7-6-26(2,3)4)12-17(22(15)37)24(38)39/h8-13H,5-7H2,1-4H3,(H,38,39)(H2,31,33,35,40). The number of aromatic nitrogens is 4. The fourth-order valence-corrected chi connectivity index (χ4v) is 4.84. The Morgan fingerprint density at radius 2 is 1.83 bits per heavy atom. The zero-order chi connectivity index (χ0) is 30.1. The number of anilines is 1. The summed E-state index contributed by atoms with van der Waals surface area (Å²) < 4.78 is 41.7. The smallest absolute Gasteiger partial charge is 0.434 e. The van der Waals surface area contributed by atoms with Crippen LogP contribution >= 0.6 is 11.3 Å². The van der Waals surface area contributed by atoms with Crippen molar-refractivity contribution in [2.24, 2.45) is 5.41 Å². The first-order valence-corrected chi connectivity index (χ1v) is 13.4. The highest BCUT2D eigenvalue weighted by atomic mass is 32.1. The number of carbonyl (C=O) groups excluding carboxylic acids is 1. The maximum atomic E-state index is 13.3. The van der Waals surface area contributed by atoms with E-state index in [4.69, 9.17) is 0 Å². The lowest BCUT2D eigenvalue weighted by atomic mass is 9.92. The van der Waals surface area contributed by atoms with Crippen LogP contribution < -0.4 is 16.1 Å². The molecule has 0 saturated carbocycles. The van der Waals surface area contributed by atoms with Gasteiger partial charge in [-0.3, -0.25) is 15.1 Å². The molecule has 4 aromatic heterocycles. The summed E-state index contributed by atoms with van der Waals surface area (Å²) in [5.74, 6) is -1.33. The second-order valence-electron chi connectivity index (χ2n) is 10.4. The fourth-order valence-electron chi connectivity index (χ4n) is 3.98. The maximum Gasteiger partial charge on any atom is 0.434 e. The molecule has 4 rings (SSSR count). The summed E-state index contributed by atoms with van der Waals surface area (Å²) >= 11 is 0.742. The maximum absolute atomic E-state index is 13.3. The molecule has 0 aromatic carbocycles. The van der Waals surface area contributed by atoms with Crippen LogP contribution in [0.15, 0.2) is 40.9 Å². The van der Waals surface area contributed by atoms with Crippen LogP contribution in [0.4, 0.5) is 23.8 Å². The van der Waals surface area contributed by atoms with Crippen LogP contribution in [0.2, 0.25) is 0 Å². The number of carboxylic acids is 1. The third-order valence-electron chi connectivity index (χ3n) is 6.08. The van der Waals surface area contributed by atoms with Gasteiger partial charge in [-0.05, 0) is 30.9 Å². The predicted octanol–water partition coefficient (Wildman–Crippen LogP) is 5.88. The summed E-state index contributed by atoms with van der Waals surface area (Å²) in [6.45, 7) is 8.59. The lowest BCUT2D eigenvalue weighted by molar-refractivity contribution is -0.140. The first-order chi connectivity index (χ1) is 19.2. The average Bonchev–Trinajstić information content (AvgIpc) is 3.39. The number of alkyl halides is 3. The van der Waals surface area contributed by atoms with Gasteiger partial charge in [-0.25, -0.2) is 19.6 Å². The third kappa shape index (κ3) is 6.70. The minimum atomic E-state index is -4.67. The minimum Gasteiger partial charge on any atom is -0.477 e. The van der Waals surface area contributed by atoms with Gasteiger partial charge in [-0.15, -0.1) is 11.3 Å². The van der Waals surface area contributed by atoms with Gasteiger partial charge in [0.25, 0.3) is 0 Å². The summed E-state index contributed by atoms with van der Waals surface area (Å²) in [4.78, 5) is 49.5. The van der Waals surface area contributed by atoms with Gasteiger partial charge in [0.2, 0.25) is 5.43 Å². The van der Waals surface area contributed by atoms with Gasteiger partial charge in [0.05, 0.1) is 22.8 Å². The molecule has 10 nitrogen and oxygen atoms in total. The Labute approximate surface area is 236 Å². The molecule has 0 aliphatic carbocycles. The van der Waals surface area contributed by atoms with Crippen molar-refractivity contribution >= 4 is 40.1 Å². The van der Waals surface area contributed by atoms with Gasteiger partial charge in [-0.1, -0.05) is 20.8 Å². The molecule has 0 aliphatic rings. The Hall–Kier alpha value is -4.33. The highest BCUT2D eigenvalue weighted by Gasteiger charge is 2.34. The minimum absolute atomic E-state index is 0.0163. The second-order valence-corrected chi connectivity index (χ2v) is 11.3. The normalized spacial score (nSPS) is 12.0. The van der Waals surface area contributed by atoms with Crippen molar-refractivity contribution < 1.29 is 27.9 Å². The largest absolute Gasteiger partial charge is 0.477 e. The van der Waals surface area contributed by atoms with Crippen molar-refractivity contribution in [3.05, 3.63) is 57.6 Å². The van der Waals surface area contributed by atoms with E-state index in [0.717, 1.165) is 16.7 Å². The van der Waals surface area contributed by atoms with Crippen LogP contribution in [0.1, 0.15) is 50.2 Å². The van der Waals surface area contributed by atoms with Crippen molar-refractivity contribution in [1.29, 1.82) is 0 Å². The Balaban J connectivity index is 1.91. The van der Waals surface area contributed by atoms with E-state index < -0.39 is 34.9 Å². The van der Waals surface area contributed by atoms with E-state index in [1.54, 1.807) is 11.5 Å². The monoisotopic (exact) mass is 588 g/mol. The lowest BCUT2D eigenvalue weighted by Gasteiger charge is -2.20. The molecule has 4 aromatic rings. The van der Waals surface area contributed by atoms with Gasteiger partial charge in [0.15, 0.2) is 5.69 Å². The SMILES string of the molecule is CCNC(=O)Nc1cc(-c2nc(C(F)(F)F)cs2)c(-c2cc3c(=O)c(C(=O)O)cn(CCC(C)(C)C)c3cn2)cn1. The number of amides is 2. The summed E-state index contributed by atoms with van der Waals surface area (Å²) in [5.41, 5.74) is -1.31. The predicted molar refractivity (Wildman–Crippen MR) is 149 cm³/mol. The van der Waals surface area contributed by atoms with Crippen LogP contribution in [-0.2, 0) is 12.7 Å². The van der Waals surface area contributed by atoms with Crippen molar-refractivity contribution in [2.45, 2.75) is 46.8 Å². The first-order valence-electron chi connectivity index (χ1n) is 12.5. The summed E-state index contributed by atoms with van der Waals surface area (Å²) in [7, 11) is 0. The van der Waals surface area contributed by atoms with Gasteiger partial charge in [-0.2, -0.15) is 13.2 Å². The Morgan fingerprint density at radius 1 is 1.10 bits per heavy atom. The van der Waals surface area contributed by atoms with E-state index in [0.29, 0.717) is 25.0 Å². The van der Waals surface area contributed by atoms with Crippen LogP contribution in [-0.4, -0.2) is 43.2 Å². The molecule has 0 spiro atoms. The van der Waals surface area contributed by atoms with Crippen molar-refractivity contribution in [2.75, 3.05) is 11.9 Å². The quantitative estimate of drug-likeness (QED) is 0.245. The number of aryl methyl sites for hydroxylation is 1. The Morgan fingerprint density at radius 3 is 2.44 bits per heavy atom. The molecule has 2 amide bonds. The molecule has 3 N–H and O–H groups in total. The van der Waals surface area contributed by atoms with E-state index in [1.165, 1.54) is 30.7 Å². The van der Waals surface area contributed by atoms with E-state index >= 15 is 0 Å². The summed E-state index contributed by atoms with van der Waals surface area (Å²) in [5, 5.41) is 15.7. The average molecular weight is 589 g/mol. The zero-order valence-corrected chi connectivity index (χ0v) is 23.4. The van der Waals surface area contributed by atoms with E-state index in [-0.39, 0.29) is 38.4 Å². The summed E-state index contributed by atoms with van der Waals surface area (Å²) in [6.07, 6.45) is 0.0398. The van der Waals surface area contributed by atoms with Crippen molar-refractivity contribution in [1.82, 2.24) is 24.8 Å². The molecule has 4 heterocycles. The number of hydrogen-bond donors (Lipinski definition) is 3. The number of thiazole rings is 1. The van der Waals surface area contributed by atoms with Crippen LogP contribution in [0.3, 0.4) is 0 Å². The number of fused-ring (bicyclic) bond motifs is 1. The van der Waals surface area contributed by atoms with Gasteiger partial charge < -0.3 is 15.0 Å². The Kier molecular flexibility index (Phi) is 8.15. The lowest BCUT2D eigenvalue weighted by Crippen LogP contribution is -2.28. The molecule has 0 fully saturated rings. The number of hydrogen-bond acceptors (Lipinski definition) is 7. The number of urea groups is 1. The number of carbonyl (C=O) groups is 2. The van der Waals surface area contributed by atoms with Crippen molar-refractivity contribution in [3.63, 3.8) is 0 Å². The number of pyridine rings is 3. The van der Waals surface area contributed by atoms with Crippen LogP contribution in [0.25, 0.3) is 32.7 Å². The van der Waals surface area contributed by atoms with E-state index in [9.17, 15) is 32.7 Å². The van der Waals surface area contributed by atoms with Crippen molar-refractivity contribution in [3.8, 4) is 21.8 Å². The topological polar surface area (TPSA) is 139 Å². The number of aromatic carboxylic acids is 1. The Bertz CT molecular complexity index is 1690. The molecular weight excluding hydrogens is 561 g/mol. The van der Waals surface area contributed by atoms with E-state index in [2.05, 4.69) is 25.6 Å². The van der Waals surface area contributed by atoms with Gasteiger partial charge in [0.1, 0.15) is 16.4 Å². The molecule has 216 valence electrons. The molecule has 14 heteroatoms. The molecule has 0 atom stereocenters. The van der Waals surface area contributed by atoms with Crippen LogP contribution in [0, 0.1) is 5.41 Å². The molecule has 0 saturated heterocycles. The molecule has 41 heavy (non-hydrogen) atoms. The number of nitrogens with one attached hydrogen (secondary N) is 2. The third-order valence-corrected chi connectivity index (χ3v) is 6.96. The number of nitrogens with zero attached hydrogens (tertiary/aromatic N) is 4. The zero-order valence-electron chi connectivity index (χ0n) is 22.6. The molecule has 0 radical (unpaired) electrons. The molecular formula is C27H27F3N6O4S. The fraction of sp³-hybridized carbons (Fsp3) is 0.333. The summed E-state index contributed by atoms with van der Waals surface area (Å²) in [6, 6.07) is 2.20. The van der Waals surface area contributed by atoms with Gasteiger partial charge in [0, 0.05) is 42.0 Å². The van der Waals surface area contributed by atoms with Gasteiger partial charge >= 0.3 is 18.2 Å². The highest BCUT2D eigenvalue weighted by Crippen LogP contribution is 2.38.